The number of benzene rings is 2. The molecule has 1 fully saturated rings. The number of sulfonamides is 1. The van der Waals surface area contributed by atoms with Crippen molar-refractivity contribution in [1.82, 2.24) is 4.90 Å². The number of halogens is 1. The van der Waals surface area contributed by atoms with E-state index in [-0.39, 0.29) is 39.9 Å². The average molecular weight is 467 g/mol. The number of nitrogens with one attached hydrogen (secondary N) is 1. The van der Waals surface area contributed by atoms with Gasteiger partial charge in [0.2, 0.25) is 0 Å². The number of ether oxygens (including phenoxy) is 2. The highest BCUT2D eigenvalue weighted by atomic mass is 35.5. The van der Waals surface area contributed by atoms with Crippen LogP contribution in [0.15, 0.2) is 41.3 Å². The van der Waals surface area contributed by atoms with E-state index < -0.39 is 10.0 Å². The van der Waals surface area contributed by atoms with Crippen LogP contribution in [-0.2, 0) is 10.0 Å². The first-order chi connectivity index (χ1) is 14.7. The SMILES string of the molecule is COc1ccc(OC)c(S(=O)(=O)Nc2ccc(Cl)cc2C(=O)N2[C@H](C)CCC[C@@H]2C)c1. The highest BCUT2D eigenvalue weighted by Gasteiger charge is 2.32. The van der Waals surface area contributed by atoms with E-state index in [0.29, 0.717) is 10.8 Å². The summed E-state index contributed by atoms with van der Waals surface area (Å²) < 4.78 is 39.3. The monoisotopic (exact) mass is 466 g/mol. The van der Waals surface area contributed by atoms with Gasteiger partial charge >= 0.3 is 0 Å². The summed E-state index contributed by atoms with van der Waals surface area (Å²) in [7, 11) is -1.25. The molecule has 3 rings (SSSR count). The highest BCUT2D eigenvalue weighted by Crippen LogP contribution is 2.33. The molecule has 0 radical (unpaired) electrons. The number of methoxy groups -OCH3 is 2. The van der Waals surface area contributed by atoms with Crippen molar-refractivity contribution in [2.45, 2.75) is 50.1 Å². The van der Waals surface area contributed by atoms with Gasteiger partial charge in [-0.15, -0.1) is 0 Å². The Bertz CT molecular complexity index is 1060. The van der Waals surface area contributed by atoms with Crippen molar-refractivity contribution in [3.8, 4) is 11.5 Å². The fourth-order valence-electron chi connectivity index (χ4n) is 3.94. The third-order valence-corrected chi connectivity index (χ3v) is 7.17. The van der Waals surface area contributed by atoms with Crippen LogP contribution in [0.3, 0.4) is 0 Å². The number of likely N-dealkylation sites (tertiary alicyclic amines) is 1. The molecule has 0 unspecified atom stereocenters. The maximum Gasteiger partial charge on any atom is 0.265 e. The molecular weight excluding hydrogens is 440 g/mol. The third-order valence-electron chi connectivity index (χ3n) is 5.54. The topological polar surface area (TPSA) is 84.9 Å². The molecule has 0 spiro atoms. The molecule has 1 N–H and O–H groups in total. The largest absolute Gasteiger partial charge is 0.497 e. The summed E-state index contributed by atoms with van der Waals surface area (Å²) >= 11 is 6.16. The fourth-order valence-corrected chi connectivity index (χ4v) is 5.37. The first-order valence-corrected chi connectivity index (χ1v) is 11.9. The Morgan fingerprint density at radius 3 is 2.35 bits per heavy atom. The number of carbonyl (C=O) groups is 1. The van der Waals surface area contributed by atoms with Crippen LogP contribution in [0.25, 0.3) is 0 Å². The number of hydrogen-bond donors (Lipinski definition) is 1. The Kier molecular flexibility index (Phi) is 7.01. The summed E-state index contributed by atoms with van der Waals surface area (Å²) in [6.07, 6.45) is 2.86. The van der Waals surface area contributed by atoms with Crippen LogP contribution in [0, 0.1) is 0 Å². The van der Waals surface area contributed by atoms with E-state index >= 15 is 0 Å². The predicted molar refractivity (Wildman–Crippen MR) is 121 cm³/mol. The van der Waals surface area contributed by atoms with Crippen molar-refractivity contribution < 1.29 is 22.7 Å². The number of hydrogen-bond acceptors (Lipinski definition) is 5. The van der Waals surface area contributed by atoms with Gasteiger partial charge in [0.05, 0.1) is 25.5 Å². The van der Waals surface area contributed by atoms with Gasteiger partial charge in [0.1, 0.15) is 16.4 Å². The molecule has 1 aliphatic rings. The average Bonchev–Trinajstić information content (AvgIpc) is 2.74. The van der Waals surface area contributed by atoms with Gasteiger partial charge in [0.15, 0.2) is 0 Å². The summed E-state index contributed by atoms with van der Waals surface area (Å²) in [4.78, 5) is 15.1. The Hall–Kier alpha value is -2.45. The van der Waals surface area contributed by atoms with Gasteiger partial charge in [-0.25, -0.2) is 8.42 Å². The molecule has 1 saturated heterocycles. The zero-order valence-electron chi connectivity index (χ0n) is 18.0. The molecular formula is C22H27ClN2O5S. The van der Waals surface area contributed by atoms with Crippen LogP contribution >= 0.6 is 11.6 Å². The maximum absolute atomic E-state index is 13.4. The minimum absolute atomic E-state index is 0.0539. The smallest absolute Gasteiger partial charge is 0.265 e. The quantitative estimate of drug-likeness (QED) is 0.674. The molecule has 7 nitrogen and oxygen atoms in total. The molecule has 0 bridgehead atoms. The molecule has 0 aromatic heterocycles. The van der Waals surface area contributed by atoms with Gasteiger partial charge in [-0.3, -0.25) is 9.52 Å². The van der Waals surface area contributed by atoms with E-state index in [4.69, 9.17) is 21.1 Å². The summed E-state index contributed by atoms with van der Waals surface area (Å²) in [6, 6.07) is 9.14. The van der Waals surface area contributed by atoms with Crippen molar-refractivity contribution in [3.63, 3.8) is 0 Å². The van der Waals surface area contributed by atoms with E-state index in [1.807, 2.05) is 13.8 Å². The first kappa shape index (κ1) is 23.2. The number of piperidine rings is 1. The van der Waals surface area contributed by atoms with Crippen LogP contribution < -0.4 is 14.2 Å². The molecule has 1 aliphatic heterocycles. The lowest BCUT2D eigenvalue weighted by Gasteiger charge is -2.39. The Morgan fingerprint density at radius 1 is 1.06 bits per heavy atom. The van der Waals surface area contributed by atoms with Gasteiger partial charge in [-0.05, 0) is 63.4 Å². The van der Waals surface area contributed by atoms with Crippen molar-refractivity contribution >= 4 is 33.2 Å². The lowest BCUT2D eigenvalue weighted by molar-refractivity contribution is 0.0512. The van der Waals surface area contributed by atoms with Crippen LogP contribution in [0.2, 0.25) is 5.02 Å². The first-order valence-electron chi connectivity index (χ1n) is 10.0. The molecule has 31 heavy (non-hydrogen) atoms. The van der Waals surface area contributed by atoms with Gasteiger partial charge < -0.3 is 14.4 Å². The Morgan fingerprint density at radius 2 is 1.74 bits per heavy atom. The number of rotatable bonds is 6. The molecule has 168 valence electrons. The summed E-state index contributed by atoms with van der Waals surface area (Å²) in [5.74, 6) is 0.274. The predicted octanol–water partition coefficient (Wildman–Crippen LogP) is 4.56. The highest BCUT2D eigenvalue weighted by molar-refractivity contribution is 7.92. The van der Waals surface area contributed by atoms with E-state index in [2.05, 4.69) is 4.72 Å². The second kappa shape index (κ2) is 9.36. The zero-order valence-corrected chi connectivity index (χ0v) is 19.6. The van der Waals surface area contributed by atoms with Crippen molar-refractivity contribution in [1.29, 1.82) is 0 Å². The van der Waals surface area contributed by atoms with Gasteiger partial charge in [-0.2, -0.15) is 0 Å². The molecule has 9 heteroatoms. The molecule has 2 aromatic carbocycles. The minimum atomic E-state index is -4.08. The molecule has 2 atom stereocenters. The van der Waals surface area contributed by atoms with E-state index in [1.54, 1.807) is 17.0 Å². The number of amides is 1. The lowest BCUT2D eigenvalue weighted by atomic mass is 9.96. The van der Waals surface area contributed by atoms with Gasteiger partial charge in [0, 0.05) is 23.2 Å². The Labute approximate surface area is 188 Å². The molecule has 2 aromatic rings. The second-order valence-electron chi connectivity index (χ2n) is 7.65. The lowest BCUT2D eigenvalue weighted by Crippen LogP contribution is -2.47. The van der Waals surface area contributed by atoms with Crippen molar-refractivity contribution in [3.05, 3.63) is 47.0 Å². The van der Waals surface area contributed by atoms with Crippen LogP contribution in [-0.4, -0.2) is 45.5 Å². The Balaban J connectivity index is 2.02. The number of anilines is 1. The second-order valence-corrected chi connectivity index (χ2v) is 9.74. The molecule has 1 amide bonds. The van der Waals surface area contributed by atoms with Crippen LogP contribution in [0.1, 0.15) is 43.5 Å². The van der Waals surface area contributed by atoms with E-state index in [9.17, 15) is 13.2 Å². The van der Waals surface area contributed by atoms with Crippen molar-refractivity contribution in [2.75, 3.05) is 18.9 Å². The van der Waals surface area contributed by atoms with Crippen LogP contribution in [0.5, 0.6) is 11.5 Å². The van der Waals surface area contributed by atoms with Gasteiger partial charge in [0.25, 0.3) is 15.9 Å². The van der Waals surface area contributed by atoms with E-state index in [1.165, 1.54) is 38.5 Å². The van der Waals surface area contributed by atoms with Crippen molar-refractivity contribution in [2.24, 2.45) is 0 Å². The van der Waals surface area contributed by atoms with Gasteiger partial charge in [-0.1, -0.05) is 11.6 Å². The van der Waals surface area contributed by atoms with E-state index in [0.717, 1.165) is 19.3 Å². The molecule has 1 heterocycles. The van der Waals surface area contributed by atoms with Crippen LogP contribution in [0.4, 0.5) is 5.69 Å². The maximum atomic E-state index is 13.4. The number of carbonyl (C=O) groups excluding carboxylic acids is 1. The minimum Gasteiger partial charge on any atom is -0.497 e. The zero-order chi connectivity index (χ0) is 22.8. The number of nitrogens with zero attached hydrogens (tertiary/aromatic N) is 1. The third kappa shape index (κ3) is 4.91. The summed E-state index contributed by atoms with van der Waals surface area (Å²) in [5.41, 5.74) is 0.364. The summed E-state index contributed by atoms with van der Waals surface area (Å²) in [5, 5.41) is 0.350. The normalized spacial score (nSPS) is 19.1. The molecule has 0 saturated carbocycles. The fraction of sp³-hybridized carbons (Fsp3) is 0.409. The standard InChI is InChI=1S/C22H27ClN2O5S/c1-14-6-5-7-15(2)25(14)22(26)18-12-16(23)8-10-19(18)24-31(27,28)21-13-17(29-3)9-11-20(21)30-4/h8-15,24H,5-7H2,1-4H3/t14-,15+. The summed E-state index contributed by atoms with van der Waals surface area (Å²) in [6.45, 7) is 4.01. The molecule has 0 aliphatic carbocycles.